The molecule has 0 unspecified atom stereocenters. The van der Waals surface area contributed by atoms with Gasteiger partial charge in [0.2, 0.25) is 0 Å². The fourth-order valence-corrected chi connectivity index (χ4v) is 0.919. The molecule has 5 nitrogen and oxygen atoms in total. The third kappa shape index (κ3) is 3.55. The molecule has 15 heavy (non-hydrogen) atoms. The van der Waals surface area contributed by atoms with Gasteiger partial charge in [0, 0.05) is 6.04 Å². The number of methoxy groups -OCH3 is 1. The van der Waals surface area contributed by atoms with E-state index in [2.05, 4.69) is 9.72 Å². The summed E-state index contributed by atoms with van der Waals surface area (Å²) in [5.74, 6) is 0.119. The quantitative estimate of drug-likeness (QED) is 0.736. The number of nitrogens with two attached hydrogens (primary N) is 1. The molecule has 0 aliphatic rings. The van der Waals surface area contributed by atoms with Gasteiger partial charge in [-0.15, -0.1) is 0 Å². The Morgan fingerprint density at radius 3 is 2.80 bits per heavy atom. The van der Waals surface area contributed by atoms with Crippen molar-refractivity contribution in [1.29, 1.82) is 0 Å². The molecule has 1 aromatic heterocycles. The zero-order chi connectivity index (χ0) is 11.3. The van der Waals surface area contributed by atoms with E-state index in [0.29, 0.717) is 12.4 Å². The van der Waals surface area contributed by atoms with E-state index < -0.39 is 5.97 Å². The number of rotatable bonds is 4. The number of hydrogen-bond acceptors (Lipinski definition) is 5. The molecule has 0 aliphatic heterocycles. The zero-order valence-corrected chi connectivity index (χ0v) is 8.77. The Morgan fingerprint density at radius 2 is 2.33 bits per heavy atom. The molecule has 0 fully saturated rings. The number of hydrogen-bond donors (Lipinski definition) is 1. The average Bonchev–Trinajstić information content (AvgIpc) is 2.26. The van der Waals surface area contributed by atoms with Gasteiger partial charge in [-0.05, 0) is 19.1 Å². The van der Waals surface area contributed by atoms with Crippen LogP contribution in [0.4, 0.5) is 0 Å². The van der Waals surface area contributed by atoms with E-state index in [0.717, 1.165) is 0 Å². The lowest BCUT2D eigenvalue weighted by Crippen LogP contribution is -2.23. The lowest BCUT2D eigenvalue weighted by atomic mass is 10.3. The van der Waals surface area contributed by atoms with Gasteiger partial charge in [0.25, 0.3) is 0 Å². The molecule has 0 amide bonds. The largest absolute Gasteiger partial charge is 0.490 e. The van der Waals surface area contributed by atoms with Crippen molar-refractivity contribution in [2.75, 3.05) is 13.7 Å². The van der Waals surface area contributed by atoms with E-state index in [1.165, 1.54) is 13.3 Å². The smallest absolute Gasteiger partial charge is 0.356 e. The Bertz CT molecular complexity index is 322. The van der Waals surface area contributed by atoms with Crippen LogP contribution in [0.5, 0.6) is 5.75 Å². The van der Waals surface area contributed by atoms with Gasteiger partial charge < -0.3 is 15.2 Å². The molecule has 0 bridgehead atoms. The normalized spacial score (nSPS) is 11.9. The molecule has 1 aromatic rings. The van der Waals surface area contributed by atoms with Crippen molar-refractivity contribution in [1.82, 2.24) is 4.98 Å². The Balaban J connectivity index is 2.60. The Labute approximate surface area is 88.2 Å². The monoisotopic (exact) mass is 210 g/mol. The Morgan fingerprint density at radius 1 is 1.60 bits per heavy atom. The predicted molar refractivity (Wildman–Crippen MR) is 54.7 cm³/mol. The minimum absolute atomic E-state index is 0.0368. The van der Waals surface area contributed by atoms with Crippen LogP contribution in [0.25, 0.3) is 0 Å². The maximum absolute atomic E-state index is 11.0. The molecule has 0 saturated carbocycles. The number of aromatic nitrogens is 1. The molecule has 0 aliphatic carbocycles. The van der Waals surface area contributed by atoms with Gasteiger partial charge in [-0.3, -0.25) is 0 Å². The number of nitrogens with zero attached hydrogens (tertiary/aromatic N) is 1. The highest BCUT2D eigenvalue weighted by molar-refractivity contribution is 5.87. The molecule has 1 rings (SSSR count). The van der Waals surface area contributed by atoms with Crippen molar-refractivity contribution in [3.63, 3.8) is 0 Å². The molecular weight excluding hydrogens is 196 g/mol. The maximum Gasteiger partial charge on any atom is 0.356 e. The SMILES string of the molecule is COC(=O)c1ccc(OC[C@H](C)N)cn1. The summed E-state index contributed by atoms with van der Waals surface area (Å²) in [6.07, 6.45) is 1.47. The number of carbonyl (C=O) groups excluding carboxylic acids is 1. The summed E-state index contributed by atoms with van der Waals surface area (Å²) in [6, 6.07) is 3.16. The van der Waals surface area contributed by atoms with Crippen LogP contribution in [0, 0.1) is 0 Å². The van der Waals surface area contributed by atoms with Crippen LogP contribution in [0.1, 0.15) is 17.4 Å². The molecule has 0 aromatic carbocycles. The highest BCUT2D eigenvalue weighted by Crippen LogP contribution is 2.09. The lowest BCUT2D eigenvalue weighted by molar-refractivity contribution is 0.0594. The Kier molecular flexibility index (Phi) is 4.05. The highest BCUT2D eigenvalue weighted by atomic mass is 16.5. The van der Waals surface area contributed by atoms with Crippen molar-refractivity contribution < 1.29 is 14.3 Å². The molecule has 0 radical (unpaired) electrons. The van der Waals surface area contributed by atoms with Crippen LogP contribution in [0.15, 0.2) is 18.3 Å². The van der Waals surface area contributed by atoms with Crippen LogP contribution in [0.2, 0.25) is 0 Å². The van der Waals surface area contributed by atoms with E-state index in [9.17, 15) is 4.79 Å². The summed E-state index contributed by atoms with van der Waals surface area (Å²) < 4.78 is 9.81. The van der Waals surface area contributed by atoms with Gasteiger partial charge in [-0.25, -0.2) is 9.78 Å². The first-order valence-electron chi connectivity index (χ1n) is 4.56. The highest BCUT2D eigenvalue weighted by Gasteiger charge is 2.06. The summed E-state index contributed by atoms with van der Waals surface area (Å²) in [6.45, 7) is 2.26. The summed E-state index contributed by atoms with van der Waals surface area (Å²) in [5.41, 5.74) is 5.78. The third-order valence-electron chi connectivity index (χ3n) is 1.64. The third-order valence-corrected chi connectivity index (χ3v) is 1.64. The van der Waals surface area contributed by atoms with E-state index in [4.69, 9.17) is 10.5 Å². The van der Waals surface area contributed by atoms with Crippen LogP contribution in [0.3, 0.4) is 0 Å². The first kappa shape index (κ1) is 11.5. The molecule has 82 valence electrons. The van der Waals surface area contributed by atoms with E-state index >= 15 is 0 Å². The van der Waals surface area contributed by atoms with Gasteiger partial charge in [-0.2, -0.15) is 0 Å². The molecule has 1 heterocycles. The predicted octanol–water partition coefficient (Wildman–Crippen LogP) is 0.594. The van der Waals surface area contributed by atoms with Gasteiger partial charge in [0.1, 0.15) is 18.1 Å². The van der Waals surface area contributed by atoms with Crippen molar-refractivity contribution >= 4 is 5.97 Å². The first-order chi connectivity index (χ1) is 7.13. The molecule has 0 saturated heterocycles. The van der Waals surface area contributed by atoms with Crippen molar-refractivity contribution in [3.8, 4) is 5.75 Å². The van der Waals surface area contributed by atoms with Gasteiger partial charge in [-0.1, -0.05) is 0 Å². The number of esters is 1. The minimum Gasteiger partial charge on any atom is -0.490 e. The van der Waals surface area contributed by atoms with Gasteiger partial charge in [0.15, 0.2) is 0 Å². The first-order valence-corrected chi connectivity index (χ1v) is 4.56. The fourth-order valence-electron chi connectivity index (χ4n) is 0.919. The number of ether oxygens (including phenoxy) is 2. The van der Waals surface area contributed by atoms with Crippen LogP contribution < -0.4 is 10.5 Å². The van der Waals surface area contributed by atoms with Crippen LogP contribution in [-0.2, 0) is 4.74 Å². The molecule has 5 heteroatoms. The summed E-state index contributed by atoms with van der Waals surface area (Å²) in [4.78, 5) is 14.9. The average molecular weight is 210 g/mol. The molecule has 0 spiro atoms. The van der Waals surface area contributed by atoms with E-state index in [1.807, 2.05) is 6.92 Å². The second-order valence-corrected chi connectivity index (χ2v) is 3.16. The number of carbonyl (C=O) groups is 1. The topological polar surface area (TPSA) is 74.4 Å². The second-order valence-electron chi connectivity index (χ2n) is 3.16. The molecular formula is C10H14N2O3. The van der Waals surface area contributed by atoms with Gasteiger partial charge >= 0.3 is 5.97 Å². The molecule has 1 atom stereocenters. The standard InChI is InChI=1S/C10H14N2O3/c1-7(11)6-15-8-3-4-9(12-5-8)10(13)14-2/h3-5,7H,6,11H2,1-2H3/t7-/m0/s1. The van der Waals surface area contributed by atoms with Crippen LogP contribution in [-0.4, -0.2) is 30.7 Å². The Hall–Kier alpha value is -1.62. The van der Waals surface area contributed by atoms with Crippen molar-refractivity contribution in [2.45, 2.75) is 13.0 Å². The summed E-state index contributed by atoms with van der Waals surface area (Å²) in [5, 5.41) is 0. The van der Waals surface area contributed by atoms with Crippen molar-refractivity contribution in [3.05, 3.63) is 24.0 Å². The summed E-state index contributed by atoms with van der Waals surface area (Å²) in [7, 11) is 1.31. The number of pyridine rings is 1. The van der Waals surface area contributed by atoms with Crippen LogP contribution >= 0.6 is 0 Å². The summed E-state index contributed by atoms with van der Waals surface area (Å²) >= 11 is 0. The maximum atomic E-state index is 11.0. The molecule has 2 N–H and O–H groups in total. The minimum atomic E-state index is -0.464. The van der Waals surface area contributed by atoms with Gasteiger partial charge in [0.05, 0.1) is 13.3 Å². The van der Waals surface area contributed by atoms with Crippen molar-refractivity contribution in [2.24, 2.45) is 5.73 Å². The second kappa shape index (κ2) is 5.31. The van der Waals surface area contributed by atoms with E-state index in [-0.39, 0.29) is 11.7 Å². The fraction of sp³-hybridized carbons (Fsp3) is 0.400. The zero-order valence-electron chi connectivity index (χ0n) is 8.77. The lowest BCUT2D eigenvalue weighted by Gasteiger charge is -2.08. The van der Waals surface area contributed by atoms with E-state index in [1.54, 1.807) is 12.1 Å².